The lowest BCUT2D eigenvalue weighted by Gasteiger charge is -2.13. The van der Waals surface area contributed by atoms with Gasteiger partial charge in [0.15, 0.2) is 5.60 Å². The van der Waals surface area contributed by atoms with E-state index in [4.69, 9.17) is 5.26 Å². The van der Waals surface area contributed by atoms with Gasteiger partial charge in [0, 0.05) is 6.42 Å². The van der Waals surface area contributed by atoms with E-state index in [0.29, 0.717) is 5.56 Å². The fourth-order valence-electron chi connectivity index (χ4n) is 1.08. The van der Waals surface area contributed by atoms with Crippen molar-refractivity contribution in [3.05, 3.63) is 35.6 Å². The Kier molecular flexibility index (Phi) is 2.64. The topological polar surface area (TPSA) is 44.0 Å². The summed E-state index contributed by atoms with van der Waals surface area (Å²) in [5.41, 5.74) is -0.806. The number of rotatable bonds is 2. The van der Waals surface area contributed by atoms with Gasteiger partial charge in [0.2, 0.25) is 0 Å². The lowest BCUT2D eigenvalue weighted by atomic mass is 9.98. The van der Waals surface area contributed by atoms with E-state index in [1.165, 1.54) is 19.1 Å². The molecule has 0 spiro atoms. The summed E-state index contributed by atoms with van der Waals surface area (Å²) in [4.78, 5) is 0. The number of hydrogen-bond acceptors (Lipinski definition) is 2. The molecule has 0 unspecified atom stereocenters. The van der Waals surface area contributed by atoms with Crippen molar-refractivity contribution in [2.45, 2.75) is 18.9 Å². The summed E-state index contributed by atoms with van der Waals surface area (Å²) in [6.45, 7) is 1.40. The Morgan fingerprint density at radius 1 is 1.62 bits per heavy atom. The molecule has 0 saturated carbocycles. The zero-order valence-corrected chi connectivity index (χ0v) is 7.29. The molecule has 0 aliphatic carbocycles. The molecule has 1 aromatic rings. The van der Waals surface area contributed by atoms with Gasteiger partial charge >= 0.3 is 0 Å². The van der Waals surface area contributed by atoms with Crippen molar-refractivity contribution >= 4 is 0 Å². The molecule has 13 heavy (non-hydrogen) atoms. The van der Waals surface area contributed by atoms with Crippen LogP contribution in [0, 0.1) is 17.1 Å². The zero-order valence-electron chi connectivity index (χ0n) is 7.29. The maximum absolute atomic E-state index is 12.7. The molecule has 0 amide bonds. The van der Waals surface area contributed by atoms with Crippen LogP contribution in [0.25, 0.3) is 0 Å². The first-order valence-corrected chi connectivity index (χ1v) is 3.91. The molecule has 0 aromatic heterocycles. The number of aliphatic hydroxyl groups is 1. The minimum absolute atomic E-state index is 0.140. The smallest absolute Gasteiger partial charge is 0.152 e. The molecular weight excluding hydrogens is 169 g/mol. The van der Waals surface area contributed by atoms with E-state index < -0.39 is 5.60 Å². The summed E-state index contributed by atoms with van der Waals surface area (Å²) in [6.07, 6.45) is 0.140. The van der Waals surface area contributed by atoms with Crippen molar-refractivity contribution in [2.75, 3.05) is 0 Å². The number of benzene rings is 1. The lowest BCUT2D eigenvalue weighted by Crippen LogP contribution is -2.24. The van der Waals surface area contributed by atoms with Crippen molar-refractivity contribution in [1.29, 1.82) is 5.26 Å². The van der Waals surface area contributed by atoms with Gasteiger partial charge in [-0.25, -0.2) is 4.39 Å². The largest absolute Gasteiger partial charge is 0.375 e. The summed E-state index contributed by atoms with van der Waals surface area (Å²) >= 11 is 0. The van der Waals surface area contributed by atoms with Gasteiger partial charge in [-0.05, 0) is 24.6 Å². The fourth-order valence-corrected chi connectivity index (χ4v) is 1.08. The van der Waals surface area contributed by atoms with Crippen LogP contribution in [-0.2, 0) is 6.42 Å². The fraction of sp³-hybridized carbons (Fsp3) is 0.300. The third-order valence-corrected chi connectivity index (χ3v) is 1.68. The highest BCUT2D eigenvalue weighted by Gasteiger charge is 2.19. The second kappa shape index (κ2) is 3.55. The van der Waals surface area contributed by atoms with E-state index >= 15 is 0 Å². The van der Waals surface area contributed by atoms with Gasteiger partial charge in [-0.3, -0.25) is 0 Å². The van der Waals surface area contributed by atoms with Gasteiger partial charge in [0.05, 0.1) is 6.07 Å². The van der Waals surface area contributed by atoms with E-state index in [9.17, 15) is 9.50 Å². The van der Waals surface area contributed by atoms with Crippen LogP contribution in [0.5, 0.6) is 0 Å². The summed E-state index contributed by atoms with van der Waals surface area (Å²) < 4.78 is 12.7. The summed E-state index contributed by atoms with van der Waals surface area (Å²) in [5.74, 6) is -0.355. The minimum Gasteiger partial charge on any atom is -0.375 e. The monoisotopic (exact) mass is 179 g/mol. The van der Waals surface area contributed by atoms with Gasteiger partial charge < -0.3 is 5.11 Å². The van der Waals surface area contributed by atoms with Crippen molar-refractivity contribution in [1.82, 2.24) is 0 Å². The Labute approximate surface area is 76.2 Å². The summed E-state index contributed by atoms with van der Waals surface area (Å²) in [5, 5.41) is 17.9. The Hall–Kier alpha value is -1.40. The molecule has 1 atom stereocenters. The average Bonchev–Trinajstić information content (AvgIpc) is 2.03. The number of hydrogen-bond donors (Lipinski definition) is 1. The standard InChI is InChI=1S/C10H10FNO/c1-10(13,7-12)6-8-3-2-4-9(11)5-8/h2-5,13H,6H2,1H3/t10-/m1/s1. The predicted octanol–water partition coefficient (Wildman–Crippen LogP) is 1.64. The van der Waals surface area contributed by atoms with E-state index in [1.54, 1.807) is 18.2 Å². The molecule has 1 rings (SSSR count). The molecule has 0 fully saturated rings. The molecule has 0 aliphatic rings. The van der Waals surface area contributed by atoms with E-state index in [2.05, 4.69) is 0 Å². The quantitative estimate of drug-likeness (QED) is 0.701. The first kappa shape index (κ1) is 9.69. The lowest BCUT2D eigenvalue weighted by molar-refractivity contribution is 0.120. The molecule has 0 saturated heterocycles. The Morgan fingerprint density at radius 3 is 2.85 bits per heavy atom. The minimum atomic E-state index is -1.42. The van der Waals surface area contributed by atoms with Crippen molar-refractivity contribution in [3.8, 4) is 6.07 Å². The second-order valence-corrected chi connectivity index (χ2v) is 3.19. The maximum Gasteiger partial charge on any atom is 0.152 e. The average molecular weight is 179 g/mol. The molecule has 0 radical (unpaired) electrons. The first-order valence-electron chi connectivity index (χ1n) is 3.91. The van der Waals surface area contributed by atoms with Crippen molar-refractivity contribution in [2.24, 2.45) is 0 Å². The van der Waals surface area contributed by atoms with Gasteiger partial charge in [-0.2, -0.15) is 5.26 Å². The van der Waals surface area contributed by atoms with Crippen LogP contribution in [0.15, 0.2) is 24.3 Å². The molecule has 1 N–H and O–H groups in total. The molecule has 68 valence electrons. The maximum atomic E-state index is 12.7. The highest BCUT2D eigenvalue weighted by Crippen LogP contribution is 2.12. The van der Waals surface area contributed by atoms with E-state index in [0.717, 1.165) is 0 Å². The summed E-state index contributed by atoms with van der Waals surface area (Å²) in [6, 6.07) is 7.61. The second-order valence-electron chi connectivity index (χ2n) is 3.19. The third-order valence-electron chi connectivity index (χ3n) is 1.68. The number of nitrogens with zero attached hydrogens (tertiary/aromatic N) is 1. The van der Waals surface area contributed by atoms with Gasteiger partial charge in [0.25, 0.3) is 0 Å². The van der Waals surface area contributed by atoms with Crippen molar-refractivity contribution < 1.29 is 9.50 Å². The van der Waals surface area contributed by atoms with Crippen LogP contribution < -0.4 is 0 Å². The molecule has 0 aliphatic heterocycles. The summed E-state index contributed by atoms with van der Waals surface area (Å²) in [7, 11) is 0. The molecule has 1 aromatic carbocycles. The number of halogens is 1. The molecular formula is C10H10FNO. The van der Waals surface area contributed by atoms with Crippen LogP contribution in [0.1, 0.15) is 12.5 Å². The van der Waals surface area contributed by atoms with E-state index in [-0.39, 0.29) is 12.2 Å². The van der Waals surface area contributed by atoms with Gasteiger partial charge in [-0.1, -0.05) is 12.1 Å². The van der Waals surface area contributed by atoms with Crippen LogP contribution >= 0.6 is 0 Å². The Morgan fingerprint density at radius 2 is 2.31 bits per heavy atom. The van der Waals surface area contributed by atoms with Gasteiger partial charge in [-0.15, -0.1) is 0 Å². The Balaban J connectivity index is 2.82. The predicted molar refractivity (Wildman–Crippen MR) is 46.3 cm³/mol. The highest BCUT2D eigenvalue weighted by molar-refractivity contribution is 5.20. The molecule has 2 nitrogen and oxygen atoms in total. The zero-order chi connectivity index (χ0) is 9.90. The Bertz CT molecular complexity index is 341. The van der Waals surface area contributed by atoms with E-state index in [1.807, 2.05) is 0 Å². The van der Waals surface area contributed by atoms with Crippen molar-refractivity contribution in [3.63, 3.8) is 0 Å². The van der Waals surface area contributed by atoms with Crippen LogP contribution in [0.4, 0.5) is 4.39 Å². The first-order chi connectivity index (χ1) is 6.03. The highest BCUT2D eigenvalue weighted by atomic mass is 19.1. The van der Waals surface area contributed by atoms with Crippen LogP contribution in [0.2, 0.25) is 0 Å². The SMILES string of the molecule is C[C@](O)(C#N)Cc1cccc(F)c1. The third kappa shape index (κ3) is 2.85. The van der Waals surface area contributed by atoms with Crippen LogP contribution in [-0.4, -0.2) is 10.7 Å². The molecule has 0 heterocycles. The van der Waals surface area contributed by atoms with Crippen LogP contribution in [0.3, 0.4) is 0 Å². The van der Waals surface area contributed by atoms with Gasteiger partial charge in [0.1, 0.15) is 5.82 Å². The molecule has 0 bridgehead atoms. The number of nitriles is 1. The molecule has 3 heteroatoms. The normalized spacial score (nSPS) is 14.6.